The van der Waals surface area contributed by atoms with Gasteiger partial charge in [0.05, 0.1) is 0 Å². The molecular formula is C19H19NO5. The van der Waals surface area contributed by atoms with Crippen molar-refractivity contribution in [2.45, 2.75) is 24.7 Å². The Labute approximate surface area is 145 Å². The number of hydrogen-bond donors (Lipinski definition) is 2. The molecule has 1 fully saturated rings. The second-order valence-corrected chi connectivity index (χ2v) is 5.93. The zero-order chi connectivity index (χ0) is 17.7. The Balaban J connectivity index is 1.72. The molecule has 3 rings (SSSR count). The molecule has 0 bridgehead atoms. The van der Waals surface area contributed by atoms with Crippen molar-refractivity contribution in [3.63, 3.8) is 0 Å². The van der Waals surface area contributed by atoms with E-state index in [2.05, 4.69) is 5.32 Å². The first-order valence-electron chi connectivity index (χ1n) is 7.98. The summed E-state index contributed by atoms with van der Waals surface area (Å²) >= 11 is 0. The molecule has 1 aliphatic heterocycles. The molecule has 2 aromatic carbocycles. The highest BCUT2D eigenvalue weighted by atomic mass is 16.6. The lowest BCUT2D eigenvalue weighted by atomic mass is 9.87. The van der Waals surface area contributed by atoms with E-state index in [0.717, 1.165) is 11.1 Å². The molecule has 130 valence electrons. The van der Waals surface area contributed by atoms with E-state index in [-0.39, 0.29) is 19.6 Å². The molecular weight excluding hydrogens is 322 g/mol. The lowest BCUT2D eigenvalue weighted by Gasteiger charge is -2.28. The Bertz CT molecular complexity index is 734. The number of alkyl carbamates (subject to hydrolysis) is 1. The molecule has 6 nitrogen and oxygen atoms in total. The molecule has 1 aliphatic rings. The van der Waals surface area contributed by atoms with E-state index in [9.17, 15) is 14.7 Å². The first kappa shape index (κ1) is 17.0. The van der Waals surface area contributed by atoms with Crippen LogP contribution < -0.4 is 5.32 Å². The number of carbonyl (C=O) groups is 2. The summed E-state index contributed by atoms with van der Waals surface area (Å²) in [4.78, 5) is 24.5. The number of amides is 1. The first-order chi connectivity index (χ1) is 12.1. The van der Waals surface area contributed by atoms with Crippen LogP contribution in [0, 0.1) is 0 Å². The lowest BCUT2D eigenvalue weighted by Crippen LogP contribution is -2.60. The minimum atomic E-state index is -1.55. The van der Waals surface area contributed by atoms with Crippen LogP contribution in [0.2, 0.25) is 0 Å². The number of nitrogens with one attached hydrogen (secondary N) is 1. The molecule has 0 unspecified atom stereocenters. The van der Waals surface area contributed by atoms with Crippen molar-refractivity contribution in [3.8, 4) is 0 Å². The third-order valence-electron chi connectivity index (χ3n) is 4.17. The number of benzene rings is 2. The molecule has 2 atom stereocenters. The lowest BCUT2D eigenvalue weighted by molar-refractivity contribution is -0.143. The highest BCUT2D eigenvalue weighted by molar-refractivity contribution is 5.88. The summed E-state index contributed by atoms with van der Waals surface area (Å²) in [6, 6.07) is 18.3. The summed E-state index contributed by atoms with van der Waals surface area (Å²) in [6.45, 7) is -0.0934. The third kappa shape index (κ3) is 3.80. The average molecular weight is 341 g/mol. The van der Waals surface area contributed by atoms with Crippen LogP contribution in [0.25, 0.3) is 0 Å². The molecule has 0 aliphatic carbocycles. The zero-order valence-corrected chi connectivity index (χ0v) is 13.6. The molecule has 6 heteroatoms. The maximum absolute atomic E-state index is 12.3. The van der Waals surface area contributed by atoms with Crippen LogP contribution in [-0.4, -0.2) is 35.4 Å². The van der Waals surface area contributed by atoms with Crippen molar-refractivity contribution < 1.29 is 24.2 Å². The number of carbonyl (C=O) groups excluding carboxylic acids is 2. The standard InChI is InChI=1S/C19H19NO5/c21-16-13-24-17(22)19(16,11-14-7-3-1-4-8-14)20-18(23)25-12-15-9-5-2-6-10-15/h1-10,16,21H,11-13H2,(H,20,23)/t16-,19+/m1/s1. The van der Waals surface area contributed by atoms with Gasteiger partial charge in [-0.2, -0.15) is 0 Å². The predicted octanol–water partition coefficient (Wildman–Crippen LogP) is 1.81. The van der Waals surface area contributed by atoms with Gasteiger partial charge in [0.15, 0.2) is 5.54 Å². The van der Waals surface area contributed by atoms with E-state index >= 15 is 0 Å². The number of esters is 1. The topological polar surface area (TPSA) is 84.9 Å². The van der Waals surface area contributed by atoms with Crippen LogP contribution in [0.15, 0.2) is 60.7 Å². The van der Waals surface area contributed by atoms with Crippen LogP contribution in [0.5, 0.6) is 0 Å². The fourth-order valence-corrected chi connectivity index (χ4v) is 2.79. The second-order valence-electron chi connectivity index (χ2n) is 5.93. The van der Waals surface area contributed by atoms with E-state index in [1.54, 1.807) is 0 Å². The largest absolute Gasteiger partial charge is 0.461 e. The predicted molar refractivity (Wildman–Crippen MR) is 89.6 cm³/mol. The normalized spacial score (nSPS) is 22.3. The summed E-state index contributed by atoms with van der Waals surface area (Å²) in [6.07, 6.45) is -1.81. The molecule has 1 amide bonds. The second kappa shape index (κ2) is 7.36. The molecule has 0 aromatic heterocycles. The van der Waals surface area contributed by atoms with Crippen molar-refractivity contribution in [3.05, 3.63) is 71.8 Å². The number of aliphatic hydroxyl groups is 1. The smallest absolute Gasteiger partial charge is 0.408 e. The molecule has 0 radical (unpaired) electrons. The van der Waals surface area contributed by atoms with Gasteiger partial charge in [-0.05, 0) is 11.1 Å². The van der Waals surface area contributed by atoms with Crippen molar-refractivity contribution in [1.82, 2.24) is 5.32 Å². The van der Waals surface area contributed by atoms with Gasteiger partial charge in [0, 0.05) is 6.42 Å². The SMILES string of the molecule is O=C(N[C@]1(Cc2ccccc2)C(=O)OC[C@H]1O)OCc1ccccc1. The van der Waals surface area contributed by atoms with Gasteiger partial charge >= 0.3 is 12.1 Å². The minimum absolute atomic E-state index is 0.0687. The number of hydrogen-bond acceptors (Lipinski definition) is 5. The Kier molecular flexibility index (Phi) is 5.00. The van der Waals surface area contributed by atoms with Gasteiger partial charge in [0.2, 0.25) is 0 Å². The highest BCUT2D eigenvalue weighted by Crippen LogP contribution is 2.26. The van der Waals surface area contributed by atoms with Crippen molar-refractivity contribution in [2.24, 2.45) is 0 Å². The van der Waals surface area contributed by atoms with Gasteiger partial charge in [-0.3, -0.25) is 0 Å². The van der Waals surface area contributed by atoms with Crippen LogP contribution in [-0.2, 0) is 27.3 Å². The number of ether oxygens (including phenoxy) is 2. The minimum Gasteiger partial charge on any atom is -0.461 e. The van der Waals surface area contributed by atoms with Crippen LogP contribution in [0.1, 0.15) is 11.1 Å². The molecule has 0 spiro atoms. The summed E-state index contributed by atoms with van der Waals surface area (Å²) in [5.41, 5.74) is 0.0721. The number of rotatable bonds is 5. The Hall–Kier alpha value is -2.86. The fraction of sp³-hybridized carbons (Fsp3) is 0.263. The Morgan fingerprint density at radius 1 is 1.12 bits per heavy atom. The maximum atomic E-state index is 12.3. The Morgan fingerprint density at radius 3 is 2.28 bits per heavy atom. The zero-order valence-electron chi connectivity index (χ0n) is 13.6. The van der Waals surface area contributed by atoms with Gasteiger partial charge in [0.1, 0.15) is 19.3 Å². The monoisotopic (exact) mass is 341 g/mol. The van der Waals surface area contributed by atoms with E-state index in [1.165, 1.54) is 0 Å². The first-order valence-corrected chi connectivity index (χ1v) is 7.98. The summed E-state index contributed by atoms with van der Waals surface area (Å²) in [7, 11) is 0. The molecule has 1 heterocycles. The van der Waals surface area contributed by atoms with Gasteiger partial charge < -0.3 is 19.9 Å². The fourth-order valence-electron chi connectivity index (χ4n) is 2.79. The third-order valence-corrected chi connectivity index (χ3v) is 4.17. The maximum Gasteiger partial charge on any atom is 0.408 e. The molecule has 25 heavy (non-hydrogen) atoms. The Morgan fingerprint density at radius 2 is 1.72 bits per heavy atom. The summed E-state index contributed by atoms with van der Waals surface area (Å²) in [5.74, 6) is -0.666. The summed E-state index contributed by atoms with van der Waals surface area (Å²) in [5, 5.41) is 12.8. The van der Waals surface area contributed by atoms with Gasteiger partial charge in [0.25, 0.3) is 0 Å². The van der Waals surface area contributed by atoms with Crippen LogP contribution in [0.3, 0.4) is 0 Å². The van der Waals surface area contributed by atoms with Gasteiger partial charge in [-0.1, -0.05) is 60.7 Å². The van der Waals surface area contributed by atoms with Crippen molar-refractivity contribution in [1.29, 1.82) is 0 Å². The van der Waals surface area contributed by atoms with E-state index in [4.69, 9.17) is 9.47 Å². The van der Waals surface area contributed by atoms with Gasteiger partial charge in [-0.25, -0.2) is 9.59 Å². The summed E-state index contributed by atoms with van der Waals surface area (Å²) < 4.78 is 10.1. The van der Waals surface area contributed by atoms with Crippen molar-refractivity contribution >= 4 is 12.1 Å². The van der Waals surface area contributed by atoms with Gasteiger partial charge in [-0.15, -0.1) is 0 Å². The van der Waals surface area contributed by atoms with E-state index in [1.807, 2.05) is 60.7 Å². The quantitative estimate of drug-likeness (QED) is 0.810. The van der Waals surface area contributed by atoms with Crippen LogP contribution >= 0.6 is 0 Å². The molecule has 0 saturated carbocycles. The molecule has 2 aromatic rings. The highest BCUT2D eigenvalue weighted by Gasteiger charge is 2.53. The number of cyclic esters (lactones) is 1. The average Bonchev–Trinajstić information content (AvgIpc) is 2.90. The number of aliphatic hydroxyl groups excluding tert-OH is 1. The molecule has 2 N–H and O–H groups in total. The molecule has 1 saturated heterocycles. The van der Waals surface area contributed by atoms with E-state index < -0.39 is 23.7 Å². The van der Waals surface area contributed by atoms with E-state index in [0.29, 0.717) is 0 Å². The van der Waals surface area contributed by atoms with Crippen LogP contribution in [0.4, 0.5) is 4.79 Å². The van der Waals surface area contributed by atoms with Crippen molar-refractivity contribution in [2.75, 3.05) is 6.61 Å².